The Balaban J connectivity index is 1.51. The molecule has 4 rings (SSSR count). The smallest absolute Gasteiger partial charge is 0.151 e. The van der Waals surface area contributed by atoms with E-state index in [0.717, 1.165) is 28.8 Å². The number of isothiocyanates is 1. The van der Waals surface area contributed by atoms with Gasteiger partial charge in [-0.1, -0.05) is 61.1 Å². The summed E-state index contributed by atoms with van der Waals surface area (Å²) in [6.07, 6.45) is 5.24. The molecule has 0 amide bonds. The molecule has 0 radical (unpaired) electrons. The van der Waals surface area contributed by atoms with E-state index in [2.05, 4.69) is 53.3 Å². The molecule has 0 heterocycles. The van der Waals surface area contributed by atoms with Crippen molar-refractivity contribution in [2.24, 2.45) is 4.99 Å². The van der Waals surface area contributed by atoms with Gasteiger partial charge in [-0.15, -0.1) is 0 Å². The Morgan fingerprint density at radius 1 is 0.800 bits per heavy atom. The molecule has 1 aliphatic rings. The predicted molar refractivity (Wildman–Crippen MR) is 120 cm³/mol. The third-order valence-electron chi connectivity index (χ3n) is 5.50. The van der Waals surface area contributed by atoms with Gasteiger partial charge in [-0.3, -0.25) is 0 Å². The van der Waals surface area contributed by atoms with Crippen LogP contribution in [-0.2, 0) is 0 Å². The molecule has 0 N–H and O–H groups in total. The molecular weight excluding hydrogens is 396 g/mol. The van der Waals surface area contributed by atoms with Crippen LogP contribution in [0, 0.1) is 23.5 Å². The van der Waals surface area contributed by atoms with E-state index in [-0.39, 0.29) is 11.3 Å². The third-order valence-corrected chi connectivity index (χ3v) is 5.59. The van der Waals surface area contributed by atoms with Crippen LogP contribution in [0.3, 0.4) is 0 Å². The molecule has 4 heteroatoms. The fraction of sp³-hybridized carbons (Fsp3) is 0.192. The maximum Gasteiger partial charge on any atom is 0.151 e. The molecule has 1 saturated carbocycles. The van der Waals surface area contributed by atoms with Crippen LogP contribution in [0.5, 0.6) is 0 Å². The molecule has 0 spiro atoms. The SMILES string of the molecule is Fc1cc(N=C=S)c(F)cc1C#Cc1ccc(-c2ccc(C3CCCC3)cc2)cc1. The van der Waals surface area contributed by atoms with E-state index in [9.17, 15) is 8.78 Å². The van der Waals surface area contributed by atoms with Crippen molar-refractivity contribution in [3.8, 4) is 23.0 Å². The minimum absolute atomic E-state index is 0.0256. The second-order valence-corrected chi connectivity index (χ2v) is 7.60. The van der Waals surface area contributed by atoms with Gasteiger partial charge in [0, 0.05) is 11.6 Å². The van der Waals surface area contributed by atoms with Crippen LogP contribution in [0.25, 0.3) is 11.1 Å². The largest absolute Gasteiger partial charge is 0.206 e. The van der Waals surface area contributed by atoms with Gasteiger partial charge >= 0.3 is 0 Å². The lowest BCUT2D eigenvalue weighted by Gasteiger charge is -2.10. The molecule has 0 aromatic heterocycles. The van der Waals surface area contributed by atoms with E-state index in [1.54, 1.807) is 0 Å². The highest BCUT2D eigenvalue weighted by molar-refractivity contribution is 7.78. The number of benzene rings is 3. The van der Waals surface area contributed by atoms with Gasteiger partial charge in [-0.25, -0.2) is 8.78 Å². The molecule has 1 aliphatic carbocycles. The van der Waals surface area contributed by atoms with Crippen LogP contribution in [0.15, 0.2) is 65.7 Å². The van der Waals surface area contributed by atoms with E-state index in [1.165, 1.54) is 31.2 Å². The van der Waals surface area contributed by atoms with Gasteiger partial charge in [-0.05, 0) is 65.9 Å². The average Bonchev–Trinajstić information content (AvgIpc) is 3.31. The molecule has 3 aromatic carbocycles. The zero-order chi connectivity index (χ0) is 20.9. The minimum Gasteiger partial charge on any atom is -0.206 e. The fourth-order valence-corrected chi connectivity index (χ4v) is 3.96. The number of thiocarbonyl (C=S) groups is 1. The average molecular weight is 416 g/mol. The number of halogens is 2. The van der Waals surface area contributed by atoms with Crippen LogP contribution >= 0.6 is 12.2 Å². The molecule has 1 nitrogen and oxygen atoms in total. The molecule has 30 heavy (non-hydrogen) atoms. The number of rotatable bonds is 3. The van der Waals surface area contributed by atoms with Gasteiger partial charge in [0.15, 0.2) is 5.82 Å². The van der Waals surface area contributed by atoms with Crippen molar-refractivity contribution in [3.05, 3.63) is 89.0 Å². The van der Waals surface area contributed by atoms with Crippen LogP contribution < -0.4 is 0 Å². The highest BCUT2D eigenvalue weighted by atomic mass is 32.1. The van der Waals surface area contributed by atoms with E-state index in [1.807, 2.05) is 29.4 Å². The maximum atomic E-state index is 14.1. The number of aliphatic imine (C=N–C) groups is 1. The van der Waals surface area contributed by atoms with Crippen molar-refractivity contribution >= 4 is 23.1 Å². The number of hydrogen-bond donors (Lipinski definition) is 0. The van der Waals surface area contributed by atoms with E-state index < -0.39 is 11.6 Å². The fourth-order valence-electron chi connectivity index (χ4n) is 3.86. The van der Waals surface area contributed by atoms with Gasteiger partial charge in [0.25, 0.3) is 0 Å². The molecule has 1 fully saturated rings. The lowest BCUT2D eigenvalue weighted by Crippen LogP contribution is -1.91. The maximum absolute atomic E-state index is 14.1. The zero-order valence-corrected chi connectivity index (χ0v) is 17.1. The predicted octanol–water partition coefficient (Wildman–Crippen LogP) is 7.42. The highest BCUT2D eigenvalue weighted by Gasteiger charge is 2.16. The first kappa shape index (κ1) is 20.2. The summed E-state index contributed by atoms with van der Waals surface area (Å²) in [6, 6.07) is 18.5. The molecule has 0 aliphatic heterocycles. The first-order valence-electron chi connectivity index (χ1n) is 9.93. The molecule has 3 aromatic rings. The minimum atomic E-state index is -0.686. The standard InChI is InChI=1S/C26H19F2NS/c27-24-16-26(29-17-30)25(28)15-23(24)10-7-18-5-8-20(9-6-18)22-13-11-21(12-14-22)19-3-1-2-4-19/h5-6,8-9,11-16,19H,1-4H2. The summed E-state index contributed by atoms with van der Waals surface area (Å²) in [5, 5.41) is 2.03. The lowest BCUT2D eigenvalue weighted by atomic mass is 9.95. The molecule has 0 bridgehead atoms. The van der Waals surface area contributed by atoms with Crippen LogP contribution in [0.1, 0.15) is 48.3 Å². The molecule has 0 saturated heterocycles. The van der Waals surface area contributed by atoms with Crippen molar-refractivity contribution in [1.29, 1.82) is 0 Å². The monoisotopic (exact) mass is 415 g/mol. The summed E-state index contributed by atoms with van der Waals surface area (Å²) >= 11 is 4.43. The summed E-state index contributed by atoms with van der Waals surface area (Å²) in [6.45, 7) is 0. The van der Waals surface area contributed by atoms with Crippen molar-refractivity contribution in [2.45, 2.75) is 31.6 Å². The van der Waals surface area contributed by atoms with Gasteiger partial charge in [0.05, 0.1) is 10.7 Å². The quantitative estimate of drug-likeness (QED) is 0.246. The number of hydrogen-bond acceptors (Lipinski definition) is 2. The van der Waals surface area contributed by atoms with Crippen molar-refractivity contribution in [1.82, 2.24) is 0 Å². The first-order valence-corrected chi connectivity index (χ1v) is 10.3. The van der Waals surface area contributed by atoms with Gasteiger partial charge < -0.3 is 0 Å². The Morgan fingerprint density at radius 3 is 2.07 bits per heavy atom. The van der Waals surface area contributed by atoms with E-state index in [4.69, 9.17) is 0 Å². The van der Waals surface area contributed by atoms with Crippen LogP contribution in [0.4, 0.5) is 14.5 Å². The Labute approximate surface area is 180 Å². The summed E-state index contributed by atoms with van der Waals surface area (Å²) in [5.74, 6) is 4.94. The second-order valence-electron chi connectivity index (χ2n) is 7.42. The van der Waals surface area contributed by atoms with Gasteiger partial charge in [0.1, 0.15) is 11.5 Å². The highest BCUT2D eigenvalue weighted by Crippen LogP contribution is 2.34. The summed E-state index contributed by atoms with van der Waals surface area (Å²) in [4.78, 5) is 3.49. The summed E-state index contributed by atoms with van der Waals surface area (Å²) in [7, 11) is 0. The Hall–Kier alpha value is -3.12. The number of nitrogens with zero attached hydrogens (tertiary/aromatic N) is 1. The van der Waals surface area contributed by atoms with E-state index >= 15 is 0 Å². The molecule has 148 valence electrons. The Kier molecular flexibility index (Phi) is 6.14. The topological polar surface area (TPSA) is 12.4 Å². The zero-order valence-electron chi connectivity index (χ0n) is 16.3. The Bertz CT molecular complexity index is 1160. The van der Waals surface area contributed by atoms with Gasteiger partial charge in [0.2, 0.25) is 0 Å². The summed E-state index contributed by atoms with van der Waals surface area (Å²) in [5.41, 5.74) is 4.19. The molecular formula is C26H19F2NS. The van der Waals surface area contributed by atoms with Crippen molar-refractivity contribution in [2.75, 3.05) is 0 Å². The van der Waals surface area contributed by atoms with Crippen molar-refractivity contribution < 1.29 is 8.78 Å². The summed E-state index contributed by atoms with van der Waals surface area (Å²) < 4.78 is 28.0. The third kappa shape index (κ3) is 4.54. The van der Waals surface area contributed by atoms with Crippen LogP contribution in [-0.4, -0.2) is 5.16 Å². The van der Waals surface area contributed by atoms with Crippen molar-refractivity contribution in [3.63, 3.8) is 0 Å². The van der Waals surface area contributed by atoms with Crippen LogP contribution in [0.2, 0.25) is 0 Å². The molecule has 0 unspecified atom stereocenters. The Morgan fingerprint density at radius 2 is 1.43 bits per heavy atom. The first-order chi connectivity index (χ1) is 14.6. The lowest BCUT2D eigenvalue weighted by molar-refractivity contribution is 0.599. The molecule has 0 atom stereocenters. The van der Waals surface area contributed by atoms with E-state index in [0.29, 0.717) is 5.92 Å². The second kappa shape index (κ2) is 9.13. The normalized spacial score (nSPS) is 13.4. The van der Waals surface area contributed by atoms with Gasteiger partial charge in [-0.2, -0.15) is 4.99 Å².